The summed E-state index contributed by atoms with van der Waals surface area (Å²) in [6, 6.07) is 7.09. The van der Waals surface area contributed by atoms with E-state index in [4.69, 9.17) is 9.15 Å². The maximum absolute atomic E-state index is 12.1. The van der Waals surface area contributed by atoms with Crippen LogP contribution in [-0.4, -0.2) is 18.1 Å². The van der Waals surface area contributed by atoms with Gasteiger partial charge in [0.25, 0.3) is 5.91 Å². The molecule has 0 spiro atoms. The van der Waals surface area contributed by atoms with E-state index in [1.54, 1.807) is 26.0 Å². The lowest BCUT2D eigenvalue weighted by Crippen LogP contribution is -2.50. The van der Waals surface area contributed by atoms with E-state index in [1.165, 1.54) is 6.07 Å². The SMILES string of the molecule is Cc1cc(=O)oc2c(C)c(OCC(=O)N[C@@](C)(C#N)C(C)C)ccc12. The first kappa shape index (κ1) is 18.5. The number of nitrogens with zero attached hydrogens (tertiary/aromatic N) is 1. The summed E-state index contributed by atoms with van der Waals surface area (Å²) in [7, 11) is 0. The molecule has 1 atom stereocenters. The van der Waals surface area contributed by atoms with Gasteiger partial charge in [-0.3, -0.25) is 4.79 Å². The lowest BCUT2D eigenvalue weighted by Gasteiger charge is -2.27. The Balaban J connectivity index is 2.19. The van der Waals surface area contributed by atoms with Gasteiger partial charge in [-0.05, 0) is 44.4 Å². The number of hydrogen-bond donors (Lipinski definition) is 1. The average molecular weight is 342 g/mol. The van der Waals surface area contributed by atoms with Crippen LogP contribution in [-0.2, 0) is 4.79 Å². The predicted molar refractivity (Wildman–Crippen MR) is 94.5 cm³/mol. The van der Waals surface area contributed by atoms with Gasteiger partial charge < -0.3 is 14.5 Å². The summed E-state index contributed by atoms with van der Waals surface area (Å²) in [6.07, 6.45) is 0. The van der Waals surface area contributed by atoms with E-state index in [2.05, 4.69) is 11.4 Å². The van der Waals surface area contributed by atoms with E-state index in [0.29, 0.717) is 16.9 Å². The molecule has 0 saturated heterocycles. The molecule has 1 N–H and O–H groups in total. The Labute approximate surface area is 146 Å². The fourth-order valence-corrected chi connectivity index (χ4v) is 2.43. The molecule has 0 radical (unpaired) electrons. The molecule has 132 valence electrons. The zero-order valence-corrected chi connectivity index (χ0v) is 15.1. The van der Waals surface area contributed by atoms with Crippen molar-refractivity contribution in [2.45, 2.75) is 40.2 Å². The maximum Gasteiger partial charge on any atom is 0.336 e. The number of benzene rings is 1. The highest BCUT2D eigenvalue weighted by Crippen LogP contribution is 2.28. The van der Waals surface area contributed by atoms with Crippen molar-refractivity contribution in [3.8, 4) is 11.8 Å². The summed E-state index contributed by atoms with van der Waals surface area (Å²) in [5.41, 5.74) is 0.540. The molecular weight excluding hydrogens is 320 g/mol. The minimum Gasteiger partial charge on any atom is -0.483 e. The zero-order chi connectivity index (χ0) is 18.8. The second-order valence-electron chi connectivity index (χ2n) is 6.62. The van der Waals surface area contributed by atoms with Crippen LogP contribution in [0.1, 0.15) is 31.9 Å². The van der Waals surface area contributed by atoms with E-state index < -0.39 is 11.2 Å². The highest BCUT2D eigenvalue weighted by Gasteiger charge is 2.30. The first-order chi connectivity index (χ1) is 11.7. The zero-order valence-electron chi connectivity index (χ0n) is 15.1. The van der Waals surface area contributed by atoms with Crippen LogP contribution in [0.25, 0.3) is 11.0 Å². The summed E-state index contributed by atoms with van der Waals surface area (Å²) in [4.78, 5) is 23.7. The molecule has 0 bridgehead atoms. The highest BCUT2D eigenvalue weighted by atomic mass is 16.5. The first-order valence-electron chi connectivity index (χ1n) is 8.07. The molecule has 6 heteroatoms. The normalized spacial score (nSPS) is 13.3. The van der Waals surface area contributed by atoms with Crippen LogP contribution in [0, 0.1) is 31.1 Å². The summed E-state index contributed by atoms with van der Waals surface area (Å²) >= 11 is 0. The van der Waals surface area contributed by atoms with Gasteiger partial charge in [-0.25, -0.2) is 4.79 Å². The fourth-order valence-electron chi connectivity index (χ4n) is 2.43. The third kappa shape index (κ3) is 3.82. The smallest absolute Gasteiger partial charge is 0.336 e. The minimum atomic E-state index is -0.956. The molecule has 2 rings (SSSR count). The molecule has 6 nitrogen and oxygen atoms in total. The Hall–Kier alpha value is -2.81. The molecule has 1 aromatic heterocycles. The number of aryl methyl sites for hydroxylation is 2. The van der Waals surface area contributed by atoms with Gasteiger partial charge in [-0.15, -0.1) is 0 Å². The van der Waals surface area contributed by atoms with Gasteiger partial charge in [0.2, 0.25) is 0 Å². The second-order valence-corrected chi connectivity index (χ2v) is 6.62. The summed E-state index contributed by atoms with van der Waals surface area (Å²) in [6.45, 7) is 8.78. The second kappa shape index (κ2) is 6.98. The standard InChI is InChI=1S/C19H22N2O4/c1-11(2)19(5,10-20)21-16(22)9-24-15-7-6-14-12(3)8-17(23)25-18(14)13(15)4/h6-8,11H,9H2,1-5H3,(H,21,22)/t19-/m0/s1. The largest absolute Gasteiger partial charge is 0.483 e. The Kier molecular flexibility index (Phi) is 5.17. The third-order valence-corrected chi connectivity index (χ3v) is 4.46. The van der Waals surface area contributed by atoms with Crippen LogP contribution >= 0.6 is 0 Å². The molecule has 1 heterocycles. The Morgan fingerprint density at radius 1 is 1.40 bits per heavy atom. The molecule has 0 aliphatic rings. The molecule has 0 aliphatic carbocycles. The highest BCUT2D eigenvalue weighted by molar-refractivity contribution is 5.85. The van der Waals surface area contributed by atoms with Gasteiger partial charge >= 0.3 is 5.63 Å². The van der Waals surface area contributed by atoms with Gasteiger partial charge in [0.05, 0.1) is 6.07 Å². The monoisotopic (exact) mass is 342 g/mol. The Morgan fingerprint density at radius 3 is 2.68 bits per heavy atom. The molecule has 0 fully saturated rings. The number of carbonyl (C=O) groups is 1. The topological polar surface area (TPSA) is 92.3 Å². The molecular formula is C19H22N2O4. The minimum absolute atomic E-state index is 0.0406. The van der Waals surface area contributed by atoms with E-state index in [9.17, 15) is 14.9 Å². The quantitative estimate of drug-likeness (QED) is 0.844. The molecule has 2 aromatic rings. The van der Waals surface area contributed by atoms with E-state index in [1.807, 2.05) is 20.8 Å². The number of fused-ring (bicyclic) bond motifs is 1. The molecule has 25 heavy (non-hydrogen) atoms. The van der Waals surface area contributed by atoms with Crippen LogP contribution in [0.4, 0.5) is 0 Å². The van der Waals surface area contributed by atoms with E-state index in [0.717, 1.165) is 10.9 Å². The van der Waals surface area contributed by atoms with Gasteiger partial charge in [-0.2, -0.15) is 5.26 Å². The number of nitrogens with one attached hydrogen (secondary N) is 1. The van der Waals surface area contributed by atoms with Crippen molar-refractivity contribution in [1.82, 2.24) is 5.32 Å². The van der Waals surface area contributed by atoms with Crippen LogP contribution in [0.2, 0.25) is 0 Å². The van der Waals surface area contributed by atoms with Gasteiger partial charge in [-0.1, -0.05) is 13.8 Å². The maximum atomic E-state index is 12.1. The summed E-state index contributed by atoms with van der Waals surface area (Å²) in [5, 5.41) is 12.8. The van der Waals surface area contributed by atoms with Crippen molar-refractivity contribution in [3.63, 3.8) is 0 Å². The number of hydrogen-bond acceptors (Lipinski definition) is 5. The Bertz CT molecular complexity index is 908. The number of amides is 1. The van der Waals surface area contributed by atoms with E-state index >= 15 is 0 Å². The van der Waals surface area contributed by atoms with Crippen molar-refractivity contribution in [3.05, 3.63) is 39.7 Å². The van der Waals surface area contributed by atoms with Crippen molar-refractivity contribution >= 4 is 16.9 Å². The summed E-state index contributed by atoms with van der Waals surface area (Å²) in [5.74, 6) is 0.0312. The van der Waals surface area contributed by atoms with Crippen LogP contribution in [0.3, 0.4) is 0 Å². The van der Waals surface area contributed by atoms with E-state index in [-0.39, 0.29) is 18.4 Å². The van der Waals surface area contributed by atoms with Crippen molar-refractivity contribution in [2.75, 3.05) is 6.61 Å². The van der Waals surface area contributed by atoms with Crippen LogP contribution in [0.5, 0.6) is 5.75 Å². The lowest BCUT2D eigenvalue weighted by molar-refractivity contribution is -0.124. The Morgan fingerprint density at radius 2 is 2.08 bits per heavy atom. The molecule has 1 amide bonds. The molecule has 0 aliphatic heterocycles. The molecule has 0 unspecified atom stereocenters. The van der Waals surface area contributed by atoms with Gasteiger partial charge in [0.1, 0.15) is 16.9 Å². The fraction of sp³-hybridized carbons (Fsp3) is 0.421. The number of nitriles is 1. The van der Waals surface area contributed by atoms with Crippen molar-refractivity contribution in [2.24, 2.45) is 5.92 Å². The van der Waals surface area contributed by atoms with Gasteiger partial charge in [0.15, 0.2) is 6.61 Å². The summed E-state index contributed by atoms with van der Waals surface area (Å²) < 4.78 is 10.8. The lowest BCUT2D eigenvalue weighted by atomic mass is 9.90. The van der Waals surface area contributed by atoms with Crippen molar-refractivity contribution < 1.29 is 13.9 Å². The van der Waals surface area contributed by atoms with Crippen LogP contribution < -0.4 is 15.7 Å². The number of carbonyl (C=O) groups excluding carboxylic acids is 1. The number of ether oxygens (including phenoxy) is 1. The molecule has 1 aromatic carbocycles. The van der Waals surface area contributed by atoms with Crippen LogP contribution in [0.15, 0.2) is 27.4 Å². The van der Waals surface area contributed by atoms with Gasteiger partial charge in [0, 0.05) is 17.0 Å². The number of rotatable bonds is 5. The predicted octanol–water partition coefficient (Wildman–Crippen LogP) is 2.84. The molecule has 0 saturated carbocycles. The van der Waals surface area contributed by atoms with Crippen molar-refractivity contribution in [1.29, 1.82) is 5.26 Å². The first-order valence-corrected chi connectivity index (χ1v) is 8.07. The third-order valence-electron chi connectivity index (χ3n) is 4.46. The average Bonchev–Trinajstić information content (AvgIpc) is 2.54.